The zero-order valence-electron chi connectivity index (χ0n) is 9.59. The molecule has 17 heavy (non-hydrogen) atoms. The van der Waals surface area contributed by atoms with Gasteiger partial charge in [-0.1, -0.05) is 18.2 Å². The summed E-state index contributed by atoms with van der Waals surface area (Å²) in [5, 5.41) is 0. The van der Waals surface area contributed by atoms with Crippen molar-refractivity contribution in [1.82, 2.24) is 9.97 Å². The highest BCUT2D eigenvalue weighted by molar-refractivity contribution is 5.69. The van der Waals surface area contributed by atoms with Gasteiger partial charge in [-0.3, -0.25) is 0 Å². The van der Waals surface area contributed by atoms with E-state index >= 15 is 0 Å². The Balaban J connectivity index is 2.22. The van der Waals surface area contributed by atoms with Crippen LogP contribution >= 0.6 is 0 Å². The lowest BCUT2D eigenvalue weighted by Crippen LogP contribution is -1.96. The van der Waals surface area contributed by atoms with Gasteiger partial charge in [-0.2, -0.15) is 0 Å². The second kappa shape index (κ2) is 4.65. The molecule has 0 amide bonds. The van der Waals surface area contributed by atoms with Gasteiger partial charge in [-0.25, -0.2) is 9.97 Å². The van der Waals surface area contributed by atoms with Crippen LogP contribution in [0.25, 0.3) is 12.2 Å². The smallest absolute Gasteiger partial charge is 0.128 e. The van der Waals surface area contributed by atoms with E-state index in [1.165, 1.54) is 0 Å². The van der Waals surface area contributed by atoms with Gasteiger partial charge in [0.2, 0.25) is 0 Å². The molecule has 0 radical (unpaired) electrons. The minimum atomic E-state index is 0.481. The van der Waals surface area contributed by atoms with Crippen molar-refractivity contribution in [2.45, 2.75) is 6.92 Å². The topological polar surface area (TPSA) is 77.8 Å². The summed E-state index contributed by atoms with van der Waals surface area (Å²) in [6.45, 7) is 1.82. The molecule has 4 heteroatoms. The number of hydrogen-bond acceptors (Lipinski definition) is 4. The van der Waals surface area contributed by atoms with E-state index in [2.05, 4.69) is 9.97 Å². The van der Waals surface area contributed by atoms with Crippen molar-refractivity contribution >= 4 is 23.7 Å². The number of anilines is 2. The SMILES string of the molecule is Cc1nc(N)cc(/C=C/c2ccc(N)cc2)n1. The third-order valence-electron chi connectivity index (χ3n) is 2.26. The average molecular weight is 226 g/mol. The van der Waals surface area contributed by atoms with E-state index in [1.54, 1.807) is 6.07 Å². The maximum Gasteiger partial charge on any atom is 0.128 e. The molecule has 2 rings (SSSR count). The Morgan fingerprint density at radius 3 is 2.35 bits per heavy atom. The molecule has 0 unspecified atom stereocenters. The number of nitrogen functional groups attached to an aromatic ring is 2. The summed E-state index contributed by atoms with van der Waals surface area (Å²) in [4.78, 5) is 8.28. The standard InChI is InChI=1S/C13H14N4/c1-9-16-12(8-13(15)17-9)7-4-10-2-5-11(14)6-3-10/h2-8H,14H2,1H3,(H2,15,16,17)/b7-4+. The second-order valence-corrected chi connectivity index (χ2v) is 3.76. The molecule has 0 atom stereocenters. The van der Waals surface area contributed by atoms with Gasteiger partial charge in [0.25, 0.3) is 0 Å². The molecule has 0 spiro atoms. The number of hydrogen-bond donors (Lipinski definition) is 2. The molecule has 1 heterocycles. The van der Waals surface area contributed by atoms with Crippen molar-refractivity contribution in [2.24, 2.45) is 0 Å². The summed E-state index contributed by atoms with van der Waals surface area (Å²) >= 11 is 0. The van der Waals surface area contributed by atoms with Crippen molar-refractivity contribution in [1.29, 1.82) is 0 Å². The minimum absolute atomic E-state index is 0.481. The van der Waals surface area contributed by atoms with Crippen LogP contribution in [0.15, 0.2) is 30.3 Å². The highest BCUT2D eigenvalue weighted by Gasteiger charge is 1.95. The molecule has 0 fully saturated rings. The number of aryl methyl sites for hydroxylation is 1. The van der Waals surface area contributed by atoms with Crippen LogP contribution in [0, 0.1) is 6.92 Å². The van der Waals surface area contributed by atoms with Crippen molar-refractivity contribution in [3.8, 4) is 0 Å². The summed E-state index contributed by atoms with van der Waals surface area (Å²) < 4.78 is 0. The van der Waals surface area contributed by atoms with Gasteiger partial charge in [0.05, 0.1) is 5.69 Å². The molecule has 1 aromatic carbocycles. The minimum Gasteiger partial charge on any atom is -0.399 e. The quantitative estimate of drug-likeness (QED) is 0.769. The summed E-state index contributed by atoms with van der Waals surface area (Å²) in [5.74, 6) is 1.15. The van der Waals surface area contributed by atoms with Crippen LogP contribution in [0.2, 0.25) is 0 Å². The van der Waals surface area contributed by atoms with E-state index in [0.717, 1.165) is 16.9 Å². The average Bonchev–Trinajstić information content (AvgIpc) is 2.27. The Morgan fingerprint density at radius 1 is 1.00 bits per heavy atom. The van der Waals surface area contributed by atoms with Crippen LogP contribution in [0.4, 0.5) is 11.5 Å². The highest BCUT2D eigenvalue weighted by atomic mass is 14.9. The fraction of sp³-hybridized carbons (Fsp3) is 0.0769. The normalized spacial score (nSPS) is 10.9. The largest absolute Gasteiger partial charge is 0.399 e. The van der Waals surface area contributed by atoms with Gasteiger partial charge in [0.1, 0.15) is 11.6 Å². The summed E-state index contributed by atoms with van der Waals surface area (Å²) in [7, 11) is 0. The van der Waals surface area contributed by atoms with Gasteiger partial charge in [0, 0.05) is 11.8 Å². The molecule has 86 valence electrons. The number of benzene rings is 1. The Bertz CT molecular complexity index is 524. The van der Waals surface area contributed by atoms with Gasteiger partial charge >= 0.3 is 0 Å². The van der Waals surface area contributed by atoms with Gasteiger partial charge in [0.15, 0.2) is 0 Å². The van der Waals surface area contributed by atoms with Crippen molar-refractivity contribution in [3.63, 3.8) is 0 Å². The number of nitrogens with two attached hydrogens (primary N) is 2. The fourth-order valence-electron chi connectivity index (χ4n) is 1.49. The molecule has 0 aliphatic carbocycles. The van der Waals surface area contributed by atoms with Gasteiger partial charge in [-0.15, -0.1) is 0 Å². The molecular formula is C13H14N4. The molecule has 0 aliphatic rings. The van der Waals surface area contributed by atoms with E-state index in [9.17, 15) is 0 Å². The molecule has 4 nitrogen and oxygen atoms in total. The van der Waals surface area contributed by atoms with E-state index in [-0.39, 0.29) is 0 Å². The van der Waals surface area contributed by atoms with Crippen molar-refractivity contribution < 1.29 is 0 Å². The zero-order chi connectivity index (χ0) is 12.3. The summed E-state index contributed by atoms with van der Waals surface area (Å²) in [5.41, 5.74) is 13.9. The first-order valence-electron chi connectivity index (χ1n) is 5.28. The Hall–Kier alpha value is -2.36. The first-order chi connectivity index (χ1) is 8.13. The number of aromatic nitrogens is 2. The predicted octanol–water partition coefficient (Wildman–Crippen LogP) is 2.12. The zero-order valence-corrected chi connectivity index (χ0v) is 9.59. The van der Waals surface area contributed by atoms with Crippen LogP contribution in [0.1, 0.15) is 17.1 Å². The molecule has 1 aromatic heterocycles. The third-order valence-corrected chi connectivity index (χ3v) is 2.26. The first-order valence-corrected chi connectivity index (χ1v) is 5.28. The predicted molar refractivity (Wildman–Crippen MR) is 71.0 cm³/mol. The van der Waals surface area contributed by atoms with E-state index < -0.39 is 0 Å². The van der Waals surface area contributed by atoms with E-state index in [1.807, 2.05) is 43.3 Å². The van der Waals surface area contributed by atoms with Crippen molar-refractivity contribution in [3.05, 3.63) is 47.4 Å². The molecular weight excluding hydrogens is 212 g/mol. The Kier molecular flexibility index (Phi) is 3.05. The van der Waals surface area contributed by atoms with E-state index in [4.69, 9.17) is 11.5 Å². The van der Waals surface area contributed by atoms with Gasteiger partial charge in [-0.05, 0) is 30.7 Å². The number of nitrogens with zero attached hydrogens (tertiary/aromatic N) is 2. The molecule has 0 aliphatic heterocycles. The fourth-order valence-corrected chi connectivity index (χ4v) is 1.49. The van der Waals surface area contributed by atoms with Crippen molar-refractivity contribution in [2.75, 3.05) is 11.5 Å². The first kappa shape index (κ1) is 11.1. The molecule has 0 bridgehead atoms. The maximum absolute atomic E-state index is 5.65. The monoisotopic (exact) mass is 226 g/mol. The lowest BCUT2D eigenvalue weighted by atomic mass is 10.2. The second-order valence-electron chi connectivity index (χ2n) is 3.76. The van der Waals surface area contributed by atoms with Gasteiger partial charge < -0.3 is 11.5 Å². The highest BCUT2D eigenvalue weighted by Crippen LogP contribution is 2.10. The Labute approximate surface area is 100 Å². The molecule has 0 saturated carbocycles. The van der Waals surface area contributed by atoms with Crippen LogP contribution in [-0.2, 0) is 0 Å². The molecule has 0 saturated heterocycles. The third kappa shape index (κ3) is 3.04. The van der Waals surface area contributed by atoms with Crippen LogP contribution in [0.5, 0.6) is 0 Å². The molecule has 4 N–H and O–H groups in total. The summed E-state index contributed by atoms with van der Waals surface area (Å²) in [6, 6.07) is 9.35. The van der Waals surface area contributed by atoms with Crippen LogP contribution in [-0.4, -0.2) is 9.97 Å². The lowest BCUT2D eigenvalue weighted by molar-refractivity contribution is 1.05. The maximum atomic E-state index is 5.65. The van der Waals surface area contributed by atoms with Crippen LogP contribution in [0.3, 0.4) is 0 Å². The molecule has 2 aromatic rings. The van der Waals surface area contributed by atoms with E-state index in [0.29, 0.717) is 11.6 Å². The van der Waals surface area contributed by atoms with Crippen LogP contribution < -0.4 is 11.5 Å². The number of rotatable bonds is 2. The lowest BCUT2D eigenvalue weighted by Gasteiger charge is -1.98. The summed E-state index contributed by atoms with van der Waals surface area (Å²) in [6.07, 6.45) is 3.86. The Morgan fingerprint density at radius 2 is 1.71 bits per heavy atom.